The van der Waals surface area contributed by atoms with Gasteiger partial charge in [0.05, 0.1) is 0 Å². The molecule has 0 heteroatoms. The summed E-state index contributed by atoms with van der Waals surface area (Å²) in [7, 11) is 0. The van der Waals surface area contributed by atoms with E-state index in [9.17, 15) is 0 Å². The van der Waals surface area contributed by atoms with Crippen LogP contribution in [0.15, 0.2) is 0 Å². The van der Waals surface area contributed by atoms with E-state index in [0.717, 1.165) is 0 Å². The molecule has 0 radical (unpaired) electrons. The Morgan fingerprint density at radius 3 is 0.786 bits per heavy atom. The molecule has 0 heterocycles. The summed E-state index contributed by atoms with van der Waals surface area (Å²) in [6, 6.07) is 0. The third-order valence-corrected chi connectivity index (χ3v) is 17.4. The van der Waals surface area contributed by atoms with Crippen molar-refractivity contribution in [1.29, 1.82) is 0 Å². The Morgan fingerprint density at radius 2 is 0.500 bits per heavy atom. The van der Waals surface area contributed by atoms with Crippen molar-refractivity contribution in [2.75, 3.05) is 0 Å². The summed E-state index contributed by atoms with van der Waals surface area (Å²) in [6.45, 7) is 56.2. The molecule has 0 N–H and O–H groups in total. The second-order valence-electron chi connectivity index (χ2n) is 20.7. The first kappa shape index (κ1) is 42.0. The summed E-state index contributed by atoms with van der Waals surface area (Å²) in [5.41, 5.74) is 1.35. The molecule has 0 rings (SSSR count). The van der Waals surface area contributed by atoms with Gasteiger partial charge >= 0.3 is 0 Å². The van der Waals surface area contributed by atoms with Crippen LogP contribution >= 0.6 is 0 Å². The zero-order valence-electron chi connectivity index (χ0n) is 34.1. The molecule has 0 spiro atoms. The maximum Gasteiger partial charge on any atom is -0.0241 e. The van der Waals surface area contributed by atoms with Crippen LogP contribution in [0.1, 0.15) is 217 Å². The van der Waals surface area contributed by atoms with Crippen molar-refractivity contribution in [3.05, 3.63) is 0 Å². The van der Waals surface area contributed by atoms with Crippen molar-refractivity contribution >= 4 is 0 Å². The predicted molar refractivity (Wildman–Crippen MR) is 195 cm³/mol. The third kappa shape index (κ3) is 7.03. The van der Waals surface area contributed by atoms with Crippen LogP contribution in [0.4, 0.5) is 0 Å². The summed E-state index contributed by atoms with van der Waals surface area (Å²) < 4.78 is 0. The third-order valence-electron chi connectivity index (χ3n) is 17.4. The number of unbranched alkanes of at least 4 members (excludes halogenated alkanes) is 8. The van der Waals surface area contributed by atoms with Crippen LogP contribution in [0.5, 0.6) is 0 Å². The Labute approximate surface area is 270 Å². The minimum Gasteiger partial charge on any atom is -0.0654 e. The fourth-order valence-electron chi connectivity index (χ4n) is 8.66. The van der Waals surface area contributed by atoms with Gasteiger partial charge in [0, 0.05) is 0 Å². The van der Waals surface area contributed by atoms with Gasteiger partial charge in [-0.05, 0) is 60.6 Å². The quantitative estimate of drug-likeness (QED) is 0.139. The first-order valence-corrected chi connectivity index (χ1v) is 18.3. The van der Waals surface area contributed by atoms with E-state index in [0.29, 0.717) is 0 Å². The van der Waals surface area contributed by atoms with Gasteiger partial charge in [-0.3, -0.25) is 0 Å². The second kappa shape index (κ2) is 13.4. The van der Waals surface area contributed by atoms with E-state index in [1.165, 1.54) is 64.2 Å². The smallest absolute Gasteiger partial charge is 0.0241 e. The van der Waals surface area contributed by atoms with E-state index in [4.69, 9.17) is 0 Å². The fourth-order valence-corrected chi connectivity index (χ4v) is 8.66. The molecule has 0 aromatic rings. The zero-order chi connectivity index (χ0) is 34.1. The molecule has 0 saturated heterocycles. The van der Waals surface area contributed by atoms with Crippen LogP contribution in [0.3, 0.4) is 0 Å². The Balaban J connectivity index is 6.21. The van der Waals surface area contributed by atoms with Crippen LogP contribution in [0.25, 0.3) is 0 Å². The minimum atomic E-state index is 0.0728. The van der Waals surface area contributed by atoms with Crippen molar-refractivity contribution < 1.29 is 0 Å². The number of rotatable bonds is 18. The molecule has 0 atom stereocenters. The number of hydrogen-bond acceptors (Lipinski definition) is 0. The SMILES string of the molecule is CCCCCCCCCCCC(C)(C)C(C)(C)C(C)(C)C(C)(C)C(C)(C)C(C)(C)C(C)(C)C(C)(C)C(C)(C)C(C)(C)C. The summed E-state index contributed by atoms with van der Waals surface area (Å²) in [5.74, 6) is 0. The van der Waals surface area contributed by atoms with Crippen LogP contribution in [0, 0.1) is 54.1 Å². The van der Waals surface area contributed by atoms with Crippen LogP contribution in [0.2, 0.25) is 0 Å². The second-order valence-corrected chi connectivity index (χ2v) is 20.7. The first-order valence-electron chi connectivity index (χ1n) is 18.3. The summed E-state index contributed by atoms with van der Waals surface area (Å²) in [4.78, 5) is 0. The first-order chi connectivity index (χ1) is 18.3. The van der Waals surface area contributed by atoms with E-state index in [-0.39, 0.29) is 54.1 Å². The monoisotopic (exact) mass is 591 g/mol. The Kier molecular flexibility index (Phi) is 13.4. The largest absolute Gasteiger partial charge is 0.0654 e. The lowest BCUT2D eigenvalue weighted by atomic mass is 9.33. The lowest BCUT2D eigenvalue weighted by Gasteiger charge is -2.71. The molecule has 0 nitrogen and oxygen atoms in total. The highest BCUT2D eigenvalue weighted by atomic mass is 14.7. The van der Waals surface area contributed by atoms with Crippen molar-refractivity contribution in [3.63, 3.8) is 0 Å². The van der Waals surface area contributed by atoms with Gasteiger partial charge < -0.3 is 0 Å². The van der Waals surface area contributed by atoms with Gasteiger partial charge in [-0.1, -0.05) is 210 Å². The molecular formula is C42H86. The van der Waals surface area contributed by atoms with Crippen molar-refractivity contribution in [1.82, 2.24) is 0 Å². The lowest BCUT2D eigenvalue weighted by molar-refractivity contribution is -0.231. The van der Waals surface area contributed by atoms with Crippen molar-refractivity contribution in [3.8, 4) is 0 Å². The van der Waals surface area contributed by atoms with E-state index >= 15 is 0 Å². The molecule has 0 aliphatic carbocycles. The molecule has 0 bridgehead atoms. The van der Waals surface area contributed by atoms with Gasteiger partial charge in [-0.25, -0.2) is 0 Å². The van der Waals surface area contributed by atoms with E-state index in [2.05, 4.69) is 152 Å². The van der Waals surface area contributed by atoms with Gasteiger partial charge in [0.25, 0.3) is 0 Å². The molecule has 42 heavy (non-hydrogen) atoms. The number of hydrogen-bond donors (Lipinski definition) is 0. The molecule has 0 aliphatic heterocycles. The van der Waals surface area contributed by atoms with Gasteiger partial charge in [-0.2, -0.15) is 0 Å². The molecule has 0 saturated carbocycles. The van der Waals surface area contributed by atoms with Crippen molar-refractivity contribution in [2.24, 2.45) is 54.1 Å². The van der Waals surface area contributed by atoms with Gasteiger partial charge in [0.2, 0.25) is 0 Å². The van der Waals surface area contributed by atoms with Gasteiger partial charge in [0.15, 0.2) is 0 Å². The molecule has 0 aliphatic rings. The van der Waals surface area contributed by atoms with Crippen LogP contribution < -0.4 is 0 Å². The Morgan fingerprint density at radius 1 is 0.262 bits per heavy atom. The fraction of sp³-hybridized carbons (Fsp3) is 1.00. The Hall–Kier alpha value is 0. The minimum absolute atomic E-state index is 0.0728. The molecule has 0 aromatic carbocycles. The molecule has 0 fully saturated rings. The zero-order valence-corrected chi connectivity index (χ0v) is 34.1. The van der Waals surface area contributed by atoms with E-state index < -0.39 is 0 Å². The molecular weight excluding hydrogens is 504 g/mol. The van der Waals surface area contributed by atoms with E-state index in [1.54, 1.807) is 0 Å². The average molecular weight is 591 g/mol. The summed E-state index contributed by atoms with van der Waals surface area (Å²) in [5, 5.41) is 0. The Bertz CT molecular complexity index is 813. The van der Waals surface area contributed by atoms with Crippen LogP contribution in [-0.2, 0) is 0 Å². The standard InChI is InChI=1S/C42H86/c1-23-24-25-26-27-28-29-30-31-32-34(5,6)36(9,10)38(13,14)40(17,18)42(21,22)41(19,20)39(15,16)37(11,12)35(7,8)33(2,3)4/h23-32H2,1-22H3. The lowest BCUT2D eigenvalue weighted by Crippen LogP contribution is -2.65. The topological polar surface area (TPSA) is 0 Å². The highest BCUT2D eigenvalue weighted by molar-refractivity contribution is 5.15. The maximum absolute atomic E-state index is 2.61. The average Bonchev–Trinajstić information content (AvgIpc) is 2.81. The van der Waals surface area contributed by atoms with Gasteiger partial charge in [-0.15, -0.1) is 0 Å². The molecule has 0 amide bonds. The summed E-state index contributed by atoms with van der Waals surface area (Å²) in [6.07, 6.45) is 14.0. The highest BCUT2D eigenvalue weighted by Gasteiger charge is 2.67. The highest BCUT2D eigenvalue weighted by Crippen LogP contribution is 2.74. The molecule has 254 valence electrons. The summed E-state index contributed by atoms with van der Waals surface area (Å²) >= 11 is 0. The van der Waals surface area contributed by atoms with Crippen LogP contribution in [-0.4, -0.2) is 0 Å². The predicted octanol–water partition coefficient (Wildman–Crippen LogP) is 15.2. The molecule has 0 aromatic heterocycles. The van der Waals surface area contributed by atoms with Gasteiger partial charge in [0.1, 0.15) is 0 Å². The molecule has 0 unspecified atom stereocenters. The van der Waals surface area contributed by atoms with E-state index in [1.807, 2.05) is 0 Å². The normalized spacial score (nSPS) is 15.9. The maximum atomic E-state index is 2.61. The van der Waals surface area contributed by atoms with Crippen molar-refractivity contribution in [2.45, 2.75) is 217 Å².